The Morgan fingerprint density at radius 3 is 2.21 bits per heavy atom. The Morgan fingerprint density at radius 1 is 1.08 bits per heavy atom. The number of carboxylic acid groups (broad SMARTS) is 1. The zero-order valence-corrected chi connectivity index (χ0v) is 13.6. The quantitative estimate of drug-likeness (QED) is 0.850. The average Bonchev–Trinajstić information content (AvgIpc) is 2.55. The smallest absolute Gasteiger partial charge is 0.307 e. The molecule has 126 valence electrons. The SMILES string of the molecule is Cc1ccc(C[C@H](C(=O)Nc2ccc(F)cc2)[C@@H](C)C(=O)O)cc1. The number of amides is 1. The molecule has 0 spiro atoms. The topological polar surface area (TPSA) is 66.4 Å². The van der Waals surface area contributed by atoms with Crippen molar-refractivity contribution in [3.63, 3.8) is 0 Å². The molecule has 0 aliphatic carbocycles. The Kier molecular flexibility index (Phi) is 5.68. The molecule has 0 saturated carbocycles. The summed E-state index contributed by atoms with van der Waals surface area (Å²) in [6.07, 6.45) is 0.320. The van der Waals surface area contributed by atoms with E-state index in [4.69, 9.17) is 0 Å². The predicted molar refractivity (Wildman–Crippen MR) is 90.2 cm³/mol. The van der Waals surface area contributed by atoms with Gasteiger partial charge in [-0.15, -0.1) is 0 Å². The van der Waals surface area contributed by atoms with E-state index in [1.165, 1.54) is 31.2 Å². The normalized spacial score (nSPS) is 13.1. The minimum atomic E-state index is -1.03. The van der Waals surface area contributed by atoms with Gasteiger partial charge < -0.3 is 10.4 Å². The molecule has 0 saturated heterocycles. The van der Waals surface area contributed by atoms with Crippen molar-refractivity contribution in [1.82, 2.24) is 0 Å². The van der Waals surface area contributed by atoms with Crippen LogP contribution >= 0.6 is 0 Å². The fourth-order valence-electron chi connectivity index (χ4n) is 2.41. The van der Waals surface area contributed by atoms with Crippen LogP contribution in [-0.4, -0.2) is 17.0 Å². The van der Waals surface area contributed by atoms with Crippen molar-refractivity contribution in [3.05, 3.63) is 65.5 Å². The number of halogens is 1. The van der Waals surface area contributed by atoms with Gasteiger partial charge >= 0.3 is 5.97 Å². The first-order valence-corrected chi connectivity index (χ1v) is 7.71. The highest BCUT2D eigenvalue weighted by atomic mass is 19.1. The van der Waals surface area contributed by atoms with Crippen molar-refractivity contribution >= 4 is 17.6 Å². The molecule has 2 N–H and O–H groups in total. The summed E-state index contributed by atoms with van der Waals surface area (Å²) in [6, 6.07) is 13.0. The number of carboxylic acids is 1. The third kappa shape index (κ3) is 4.65. The van der Waals surface area contributed by atoms with E-state index < -0.39 is 29.5 Å². The molecule has 0 aromatic heterocycles. The second-order valence-corrected chi connectivity index (χ2v) is 5.92. The average molecular weight is 329 g/mol. The standard InChI is InChI=1S/C19H20FNO3/c1-12-3-5-14(6-4-12)11-17(13(2)19(23)24)18(22)21-16-9-7-15(20)8-10-16/h3-10,13,17H,11H2,1-2H3,(H,21,22)(H,23,24)/t13-,17+/m1/s1. The van der Waals surface area contributed by atoms with Crippen LogP contribution < -0.4 is 5.32 Å². The lowest BCUT2D eigenvalue weighted by Gasteiger charge is -2.20. The first-order valence-electron chi connectivity index (χ1n) is 7.71. The highest BCUT2D eigenvalue weighted by Gasteiger charge is 2.30. The summed E-state index contributed by atoms with van der Waals surface area (Å²) in [4.78, 5) is 23.9. The molecule has 0 bridgehead atoms. The van der Waals surface area contributed by atoms with Crippen LogP contribution in [0.1, 0.15) is 18.1 Å². The molecule has 2 aromatic rings. The maximum Gasteiger partial charge on any atom is 0.307 e. The number of benzene rings is 2. The Bertz CT molecular complexity index is 710. The zero-order valence-electron chi connectivity index (χ0n) is 13.6. The van der Waals surface area contributed by atoms with Gasteiger partial charge in [0.15, 0.2) is 0 Å². The number of nitrogens with one attached hydrogen (secondary N) is 1. The predicted octanol–water partition coefficient (Wildman–Crippen LogP) is 3.65. The Morgan fingerprint density at radius 2 is 1.67 bits per heavy atom. The lowest BCUT2D eigenvalue weighted by Crippen LogP contribution is -2.33. The maximum atomic E-state index is 12.9. The Balaban J connectivity index is 2.18. The van der Waals surface area contributed by atoms with Gasteiger partial charge in [0.2, 0.25) is 5.91 Å². The van der Waals surface area contributed by atoms with E-state index in [0.717, 1.165) is 11.1 Å². The van der Waals surface area contributed by atoms with Crippen molar-refractivity contribution < 1.29 is 19.1 Å². The number of aryl methyl sites for hydroxylation is 1. The molecular formula is C19H20FNO3. The molecular weight excluding hydrogens is 309 g/mol. The summed E-state index contributed by atoms with van der Waals surface area (Å²) in [6.45, 7) is 3.48. The molecule has 1 amide bonds. The van der Waals surface area contributed by atoms with Gasteiger partial charge in [-0.25, -0.2) is 4.39 Å². The lowest BCUT2D eigenvalue weighted by molar-refractivity contribution is -0.145. The van der Waals surface area contributed by atoms with Crippen LogP contribution in [0.4, 0.5) is 10.1 Å². The van der Waals surface area contributed by atoms with E-state index in [1.807, 2.05) is 31.2 Å². The number of hydrogen-bond acceptors (Lipinski definition) is 2. The number of hydrogen-bond donors (Lipinski definition) is 2. The van der Waals surface area contributed by atoms with E-state index in [9.17, 15) is 19.1 Å². The molecule has 0 unspecified atom stereocenters. The van der Waals surface area contributed by atoms with Crippen molar-refractivity contribution in [3.8, 4) is 0 Å². The van der Waals surface area contributed by atoms with E-state index in [2.05, 4.69) is 5.32 Å². The van der Waals surface area contributed by atoms with Gasteiger partial charge in [-0.2, -0.15) is 0 Å². The van der Waals surface area contributed by atoms with E-state index in [1.54, 1.807) is 0 Å². The summed E-state index contributed by atoms with van der Waals surface area (Å²) in [5.74, 6) is -3.39. The van der Waals surface area contributed by atoms with Crippen LogP contribution in [-0.2, 0) is 16.0 Å². The molecule has 0 fully saturated rings. The largest absolute Gasteiger partial charge is 0.481 e. The van der Waals surface area contributed by atoms with E-state index in [0.29, 0.717) is 12.1 Å². The molecule has 24 heavy (non-hydrogen) atoms. The van der Waals surface area contributed by atoms with Gasteiger partial charge in [-0.3, -0.25) is 9.59 Å². The molecule has 2 atom stereocenters. The van der Waals surface area contributed by atoms with Gasteiger partial charge in [0.05, 0.1) is 11.8 Å². The highest BCUT2D eigenvalue weighted by Crippen LogP contribution is 2.21. The van der Waals surface area contributed by atoms with Crippen molar-refractivity contribution in [2.75, 3.05) is 5.32 Å². The molecule has 5 heteroatoms. The third-order valence-electron chi connectivity index (χ3n) is 4.02. The second-order valence-electron chi connectivity index (χ2n) is 5.92. The first kappa shape index (κ1) is 17.7. The summed E-state index contributed by atoms with van der Waals surface area (Å²) in [5.41, 5.74) is 2.43. The lowest BCUT2D eigenvalue weighted by atomic mass is 9.87. The summed E-state index contributed by atoms with van der Waals surface area (Å²) in [5, 5.41) is 12.0. The van der Waals surface area contributed by atoms with E-state index >= 15 is 0 Å². The van der Waals surface area contributed by atoms with Crippen molar-refractivity contribution in [1.29, 1.82) is 0 Å². The van der Waals surface area contributed by atoms with Gasteiger partial charge in [0.25, 0.3) is 0 Å². The van der Waals surface area contributed by atoms with Gasteiger partial charge in [0.1, 0.15) is 5.82 Å². The molecule has 0 radical (unpaired) electrons. The Labute approximate surface area is 140 Å². The summed E-state index contributed by atoms with van der Waals surface area (Å²) in [7, 11) is 0. The van der Waals surface area contributed by atoms with Crippen LogP contribution in [0.15, 0.2) is 48.5 Å². The van der Waals surface area contributed by atoms with Crippen molar-refractivity contribution in [2.45, 2.75) is 20.3 Å². The minimum Gasteiger partial charge on any atom is -0.481 e. The summed E-state index contributed by atoms with van der Waals surface area (Å²) >= 11 is 0. The second kappa shape index (κ2) is 7.73. The van der Waals surface area contributed by atoms with E-state index in [-0.39, 0.29) is 0 Å². The molecule has 2 rings (SSSR count). The van der Waals surface area contributed by atoms with Gasteiger partial charge in [-0.05, 0) is 43.2 Å². The van der Waals surface area contributed by atoms with Gasteiger partial charge in [-0.1, -0.05) is 36.8 Å². The fourth-order valence-corrected chi connectivity index (χ4v) is 2.41. The van der Waals surface area contributed by atoms with Gasteiger partial charge in [0, 0.05) is 5.69 Å². The molecule has 0 aliphatic heterocycles. The van der Waals surface area contributed by atoms with Crippen LogP contribution in [0.3, 0.4) is 0 Å². The fraction of sp³-hybridized carbons (Fsp3) is 0.263. The third-order valence-corrected chi connectivity index (χ3v) is 4.02. The highest BCUT2D eigenvalue weighted by molar-refractivity contribution is 5.95. The monoisotopic (exact) mass is 329 g/mol. The number of rotatable bonds is 6. The number of anilines is 1. The minimum absolute atomic E-state index is 0.320. The number of carbonyl (C=O) groups excluding carboxylic acids is 1. The molecule has 0 heterocycles. The Hall–Kier alpha value is -2.69. The maximum absolute atomic E-state index is 12.9. The summed E-state index contributed by atoms with van der Waals surface area (Å²) < 4.78 is 12.9. The molecule has 0 aliphatic rings. The molecule has 2 aromatic carbocycles. The van der Waals surface area contributed by atoms with Crippen LogP contribution in [0.25, 0.3) is 0 Å². The number of carbonyl (C=O) groups is 2. The number of aliphatic carboxylic acids is 1. The van der Waals surface area contributed by atoms with Crippen LogP contribution in [0, 0.1) is 24.6 Å². The van der Waals surface area contributed by atoms with Crippen LogP contribution in [0.2, 0.25) is 0 Å². The first-order chi connectivity index (χ1) is 11.4. The molecule has 4 nitrogen and oxygen atoms in total. The van der Waals surface area contributed by atoms with Crippen molar-refractivity contribution in [2.24, 2.45) is 11.8 Å². The van der Waals surface area contributed by atoms with Crippen LogP contribution in [0.5, 0.6) is 0 Å². The zero-order chi connectivity index (χ0) is 17.7.